The van der Waals surface area contributed by atoms with Crippen LogP contribution < -0.4 is 48.8 Å². The number of hydrogen-bond acceptors (Lipinski definition) is 8. The number of fused-ring (bicyclic) bond motifs is 1. The Hall–Kier alpha value is -4.66. The number of hydrogen-bond donors (Lipinski definition) is 2. The van der Waals surface area contributed by atoms with E-state index in [2.05, 4.69) is 15.6 Å². The van der Waals surface area contributed by atoms with Gasteiger partial charge < -0.3 is 34.7 Å². The zero-order chi connectivity index (χ0) is 30.6. The Balaban J connectivity index is 0.00000442. The number of aliphatic carboxylic acids is 1. The van der Waals surface area contributed by atoms with Gasteiger partial charge in [0.25, 0.3) is 0 Å². The van der Waals surface area contributed by atoms with Crippen LogP contribution in [0.2, 0.25) is 0 Å². The van der Waals surface area contributed by atoms with Crippen molar-refractivity contribution in [3.8, 4) is 23.0 Å². The first-order valence-electron chi connectivity index (χ1n) is 13.4. The zero-order valence-corrected chi connectivity index (χ0v) is 23.9. The van der Waals surface area contributed by atoms with Crippen molar-refractivity contribution < 1.29 is 61.3 Å². The number of carboxylic acid groups (broad SMARTS) is 1. The quantitative estimate of drug-likeness (QED) is 0.186. The van der Waals surface area contributed by atoms with Crippen LogP contribution in [-0.2, 0) is 14.4 Å². The summed E-state index contributed by atoms with van der Waals surface area (Å²) in [6, 6.07) is 13.8. The Labute approximate surface area is 262 Å². The van der Waals surface area contributed by atoms with E-state index in [1.54, 1.807) is 25.1 Å². The molecule has 4 aromatic rings. The summed E-state index contributed by atoms with van der Waals surface area (Å²) in [5.74, 6) is -2.85. The molecule has 44 heavy (non-hydrogen) atoms. The van der Waals surface area contributed by atoms with Crippen LogP contribution in [0, 0.1) is 17.0 Å². The van der Waals surface area contributed by atoms with Gasteiger partial charge in [-0.1, -0.05) is 0 Å². The first-order valence-corrected chi connectivity index (χ1v) is 13.4. The summed E-state index contributed by atoms with van der Waals surface area (Å²) < 4.78 is 45.4. The average molecular weight is 598 g/mol. The number of halogens is 2. The summed E-state index contributed by atoms with van der Waals surface area (Å²) in [4.78, 5) is 40.8. The van der Waals surface area contributed by atoms with Gasteiger partial charge in [-0.3, -0.25) is 14.6 Å². The molecule has 0 radical (unpaired) electrons. The van der Waals surface area contributed by atoms with Crippen LogP contribution in [0.15, 0.2) is 66.9 Å². The molecule has 3 aromatic carbocycles. The zero-order valence-electron chi connectivity index (χ0n) is 23.9. The second kappa shape index (κ2) is 13.8. The van der Waals surface area contributed by atoms with Crippen LogP contribution in [0.4, 0.5) is 20.2 Å². The molecule has 222 valence electrons. The molecule has 0 atom stereocenters. The molecule has 0 aliphatic heterocycles. The third-order valence-corrected chi connectivity index (χ3v) is 6.76. The van der Waals surface area contributed by atoms with E-state index < -0.39 is 34.8 Å². The Morgan fingerprint density at radius 1 is 0.864 bits per heavy atom. The van der Waals surface area contributed by atoms with Gasteiger partial charge in [0.05, 0.1) is 18.7 Å². The second-order valence-corrected chi connectivity index (χ2v) is 9.77. The van der Waals surface area contributed by atoms with Crippen molar-refractivity contribution in [2.75, 3.05) is 23.8 Å². The van der Waals surface area contributed by atoms with Gasteiger partial charge in [0.2, 0.25) is 11.8 Å². The number of benzene rings is 3. The molecule has 5 rings (SSSR count). The van der Waals surface area contributed by atoms with Crippen molar-refractivity contribution in [3.05, 3.63) is 78.5 Å². The van der Waals surface area contributed by atoms with Crippen molar-refractivity contribution in [3.63, 3.8) is 0 Å². The van der Waals surface area contributed by atoms with Gasteiger partial charge >= 0.3 is 18.9 Å². The number of rotatable bonds is 12. The number of carboxylic acids is 1. The summed E-state index contributed by atoms with van der Waals surface area (Å²) in [5.41, 5.74) is -0.384. The fourth-order valence-electron chi connectivity index (χ4n) is 4.34. The first kappa shape index (κ1) is 32.3. The minimum Gasteiger partial charge on any atom is -0.550 e. The SMILES string of the molecule is CCOc1cc2c(Oc3ccc(NC(=O)C4(C(=O)Nc5ccc(F)cc5)CC4)cc3F)ccnc2cc1OCCC(=O)[O-].[Li+]. The molecule has 2 amide bonds. The van der Waals surface area contributed by atoms with Gasteiger partial charge in [0, 0.05) is 47.5 Å². The molecule has 1 aliphatic carbocycles. The molecule has 0 unspecified atom stereocenters. The molecular formula is C31H26F2LiN3O7. The Morgan fingerprint density at radius 3 is 2.16 bits per heavy atom. The Morgan fingerprint density at radius 2 is 1.52 bits per heavy atom. The van der Waals surface area contributed by atoms with Crippen molar-refractivity contribution in [2.24, 2.45) is 5.41 Å². The van der Waals surface area contributed by atoms with E-state index in [0.29, 0.717) is 41.8 Å². The molecule has 2 N–H and O–H groups in total. The standard InChI is InChI=1S/C31H27F2N3O7.Li/c1-2-41-26-16-21-23(17-27(26)42-14-10-28(37)38)34-13-9-24(21)43-25-8-7-20(15-22(25)33)36-30(40)31(11-12-31)29(39)35-19-5-3-18(32)4-6-19;/h3-9,13,15-17H,2,10-12,14H2,1H3,(H,35,39)(H,36,40)(H,37,38);/q;+1/p-1. The topological polar surface area (TPSA) is 139 Å². The predicted octanol–water partition coefficient (Wildman–Crippen LogP) is 1.58. The molecule has 1 aliphatic rings. The molecule has 0 spiro atoms. The van der Waals surface area contributed by atoms with E-state index in [9.17, 15) is 23.9 Å². The summed E-state index contributed by atoms with van der Waals surface area (Å²) in [6.45, 7) is 1.95. The van der Waals surface area contributed by atoms with Crippen LogP contribution in [0.3, 0.4) is 0 Å². The average Bonchev–Trinajstić information content (AvgIpc) is 3.79. The monoisotopic (exact) mass is 597 g/mol. The number of anilines is 2. The van der Waals surface area contributed by atoms with Crippen molar-refractivity contribution in [1.82, 2.24) is 4.98 Å². The predicted molar refractivity (Wildman–Crippen MR) is 150 cm³/mol. The summed E-state index contributed by atoms with van der Waals surface area (Å²) in [5, 5.41) is 16.5. The Bertz CT molecular complexity index is 1700. The second-order valence-electron chi connectivity index (χ2n) is 9.77. The number of pyridine rings is 1. The van der Waals surface area contributed by atoms with E-state index >= 15 is 4.39 Å². The number of amides is 2. The molecule has 1 fully saturated rings. The molecule has 1 aromatic heterocycles. The smallest absolute Gasteiger partial charge is 0.550 e. The summed E-state index contributed by atoms with van der Waals surface area (Å²) in [7, 11) is 0. The minimum atomic E-state index is -1.30. The number of carbonyl (C=O) groups excluding carboxylic acids is 3. The maximum Gasteiger partial charge on any atom is 1.00 e. The van der Waals surface area contributed by atoms with Gasteiger partial charge in [-0.2, -0.15) is 0 Å². The first-order chi connectivity index (χ1) is 20.7. The van der Waals surface area contributed by atoms with E-state index in [1.807, 2.05) is 0 Å². The number of ether oxygens (including phenoxy) is 3. The van der Waals surface area contributed by atoms with Crippen LogP contribution in [0.5, 0.6) is 23.0 Å². The van der Waals surface area contributed by atoms with Gasteiger partial charge in [0.15, 0.2) is 23.1 Å². The molecule has 1 heterocycles. The molecule has 0 saturated heterocycles. The van der Waals surface area contributed by atoms with Crippen molar-refractivity contribution >= 4 is 40.1 Å². The third-order valence-electron chi connectivity index (χ3n) is 6.76. The third kappa shape index (κ3) is 7.27. The fraction of sp³-hybridized carbons (Fsp3) is 0.226. The number of carbonyl (C=O) groups is 3. The van der Waals surface area contributed by atoms with E-state index in [-0.39, 0.29) is 54.8 Å². The summed E-state index contributed by atoms with van der Waals surface area (Å²) in [6.07, 6.45) is 1.79. The van der Waals surface area contributed by atoms with E-state index in [4.69, 9.17) is 14.2 Å². The van der Waals surface area contributed by atoms with Crippen molar-refractivity contribution in [1.29, 1.82) is 0 Å². The number of nitrogens with zero attached hydrogens (tertiary/aromatic N) is 1. The minimum absolute atomic E-state index is 0. The van der Waals surface area contributed by atoms with E-state index in [0.717, 1.165) is 6.07 Å². The van der Waals surface area contributed by atoms with Crippen LogP contribution in [-0.4, -0.2) is 36.0 Å². The molecule has 13 heteroatoms. The molecule has 10 nitrogen and oxygen atoms in total. The van der Waals surface area contributed by atoms with Crippen LogP contribution in [0.1, 0.15) is 26.2 Å². The largest absolute Gasteiger partial charge is 1.00 e. The van der Waals surface area contributed by atoms with Gasteiger partial charge in [0.1, 0.15) is 17.0 Å². The molecule has 1 saturated carbocycles. The number of nitrogens with one attached hydrogen (secondary N) is 2. The van der Waals surface area contributed by atoms with Crippen LogP contribution in [0.25, 0.3) is 10.9 Å². The Kier molecular flexibility index (Phi) is 10.1. The molecular weight excluding hydrogens is 571 g/mol. The number of aromatic nitrogens is 1. The molecule has 0 bridgehead atoms. The van der Waals surface area contributed by atoms with Gasteiger partial charge in [-0.05, 0) is 68.3 Å². The summed E-state index contributed by atoms with van der Waals surface area (Å²) >= 11 is 0. The van der Waals surface area contributed by atoms with Gasteiger partial charge in [-0.15, -0.1) is 0 Å². The van der Waals surface area contributed by atoms with Crippen LogP contribution >= 0.6 is 0 Å². The fourth-order valence-corrected chi connectivity index (χ4v) is 4.34. The van der Waals surface area contributed by atoms with Gasteiger partial charge in [-0.25, -0.2) is 8.78 Å². The maximum absolute atomic E-state index is 15.1. The van der Waals surface area contributed by atoms with Crippen molar-refractivity contribution in [2.45, 2.75) is 26.2 Å². The maximum atomic E-state index is 15.1. The van der Waals surface area contributed by atoms with E-state index in [1.165, 1.54) is 42.6 Å². The normalized spacial score (nSPS) is 12.9.